The number of halogens is 1. The zero-order chi connectivity index (χ0) is 13.2. The lowest BCUT2D eigenvalue weighted by Gasteiger charge is -2.06. The van der Waals surface area contributed by atoms with Crippen molar-refractivity contribution in [1.29, 1.82) is 0 Å². The van der Waals surface area contributed by atoms with Gasteiger partial charge in [0.25, 0.3) is 0 Å². The van der Waals surface area contributed by atoms with Crippen LogP contribution in [0.5, 0.6) is 0 Å². The second kappa shape index (κ2) is 5.12. The molecule has 0 fully saturated rings. The van der Waals surface area contributed by atoms with Crippen LogP contribution in [0.1, 0.15) is 0 Å². The maximum atomic E-state index is 12.3. The van der Waals surface area contributed by atoms with Gasteiger partial charge in [0.1, 0.15) is 0 Å². The highest BCUT2D eigenvalue weighted by Gasteiger charge is 2.16. The predicted octanol–water partition coefficient (Wildman–Crippen LogP) is 3.32. The molecule has 0 bridgehead atoms. The molecular weight excluding hydrogens is 314 g/mol. The number of hydrogen-bond acceptors (Lipinski definition) is 3. The van der Waals surface area contributed by atoms with Gasteiger partial charge in [0.2, 0.25) is 9.84 Å². The first kappa shape index (κ1) is 13.1. The number of benzene rings is 2. The fraction of sp³-hybridized carbons (Fsp3) is 0.0769. The standard InChI is InChI=1S/C13H12BrNO2S/c1-15-11-4-8-13(9-5-11)18(16,17)12-6-2-10(14)3-7-12/h2-9,15H,1H3. The van der Waals surface area contributed by atoms with E-state index in [0.717, 1.165) is 10.2 Å². The van der Waals surface area contributed by atoms with Crippen LogP contribution in [0.4, 0.5) is 5.69 Å². The van der Waals surface area contributed by atoms with E-state index >= 15 is 0 Å². The molecule has 1 N–H and O–H groups in total. The molecule has 5 heteroatoms. The molecule has 18 heavy (non-hydrogen) atoms. The van der Waals surface area contributed by atoms with Crippen molar-refractivity contribution >= 4 is 31.5 Å². The first-order chi connectivity index (χ1) is 8.54. The molecule has 0 heterocycles. The van der Waals surface area contributed by atoms with Gasteiger partial charge in [-0.3, -0.25) is 0 Å². The van der Waals surface area contributed by atoms with Crippen molar-refractivity contribution in [2.75, 3.05) is 12.4 Å². The fourth-order valence-electron chi connectivity index (χ4n) is 1.55. The van der Waals surface area contributed by atoms with Gasteiger partial charge in [-0.1, -0.05) is 15.9 Å². The third-order valence-electron chi connectivity index (χ3n) is 2.58. The van der Waals surface area contributed by atoms with Crippen LogP contribution in [-0.4, -0.2) is 15.5 Å². The summed E-state index contributed by atoms with van der Waals surface area (Å²) in [6.07, 6.45) is 0. The summed E-state index contributed by atoms with van der Waals surface area (Å²) in [6, 6.07) is 13.3. The second-order valence-electron chi connectivity index (χ2n) is 3.73. The Labute approximate surface area is 115 Å². The first-order valence-corrected chi connectivity index (χ1v) is 7.60. The Balaban J connectivity index is 2.44. The van der Waals surface area contributed by atoms with Crippen LogP contribution in [0.2, 0.25) is 0 Å². The Bertz CT molecular complexity index is 634. The maximum Gasteiger partial charge on any atom is 0.206 e. The lowest BCUT2D eigenvalue weighted by Crippen LogP contribution is -2.01. The van der Waals surface area contributed by atoms with Crippen molar-refractivity contribution in [3.05, 3.63) is 53.0 Å². The van der Waals surface area contributed by atoms with Gasteiger partial charge < -0.3 is 5.32 Å². The van der Waals surface area contributed by atoms with E-state index in [2.05, 4.69) is 21.2 Å². The minimum atomic E-state index is -3.43. The highest BCUT2D eigenvalue weighted by molar-refractivity contribution is 9.10. The highest BCUT2D eigenvalue weighted by Crippen LogP contribution is 2.23. The van der Waals surface area contributed by atoms with Crippen molar-refractivity contribution in [3.8, 4) is 0 Å². The van der Waals surface area contributed by atoms with Gasteiger partial charge in [-0.15, -0.1) is 0 Å². The molecule has 0 radical (unpaired) electrons. The average Bonchev–Trinajstić information content (AvgIpc) is 2.39. The van der Waals surface area contributed by atoms with Crippen LogP contribution in [0.15, 0.2) is 62.8 Å². The third kappa shape index (κ3) is 2.57. The molecule has 0 saturated heterocycles. The van der Waals surface area contributed by atoms with Crippen molar-refractivity contribution in [1.82, 2.24) is 0 Å². The Morgan fingerprint density at radius 2 is 1.33 bits per heavy atom. The van der Waals surface area contributed by atoms with Crippen LogP contribution in [0.25, 0.3) is 0 Å². The van der Waals surface area contributed by atoms with Gasteiger partial charge in [0.05, 0.1) is 9.79 Å². The molecule has 0 aromatic heterocycles. The summed E-state index contributed by atoms with van der Waals surface area (Å²) in [7, 11) is -1.64. The lowest BCUT2D eigenvalue weighted by atomic mass is 10.3. The molecule has 3 nitrogen and oxygen atoms in total. The van der Waals surface area contributed by atoms with E-state index in [-0.39, 0.29) is 0 Å². The van der Waals surface area contributed by atoms with Gasteiger partial charge in [0, 0.05) is 17.2 Å². The van der Waals surface area contributed by atoms with E-state index in [1.807, 2.05) is 0 Å². The Kier molecular flexibility index (Phi) is 3.73. The van der Waals surface area contributed by atoms with E-state index in [1.165, 1.54) is 0 Å². The predicted molar refractivity (Wildman–Crippen MR) is 75.6 cm³/mol. The summed E-state index contributed by atoms with van der Waals surface area (Å²) in [5, 5.41) is 2.95. The zero-order valence-corrected chi connectivity index (χ0v) is 12.1. The second-order valence-corrected chi connectivity index (χ2v) is 6.60. The minimum Gasteiger partial charge on any atom is -0.388 e. The van der Waals surface area contributed by atoms with E-state index < -0.39 is 9.84 Å². The van der Waals surface area contributed by atoms with Crippen LogP contribution < -0.4 is 5.32 Å². The zero-order valence-electron chi connectivity index (χ0n) is 9.72. The summed E-state index contributed by atoms with van der Waals surface area (Å²) < 4.78 is 25.5. The van der Waals surface area contributed by atoms with Gasteiger partial charge in [-0.05, 0) is 48.5 Å². The molecule has 94 valence electrons. The van der Waals surface area contributed by atoms with Crippen molar-refractivity contribution in [2.24, 2.45) is 0 Å². The van der Waals surface area contributed by atoms with E-state index in [9.17, 15) is 8.42 Å². The Morgan fingerprint density at radius 3 is 1.78 bits per heavy atom. The Hall–Kier alpha value is -1.33. The normalized spacial score (nSPS) is 11.2. The summed E-state index contributed by atoms with van der Waals surface area (Å²) in [4.78, 5) is 0.590. The summed E-state index contributed by atoms with van der Waals surface area (Å²) in [5.74, 6) is 0. The van der Waals surface area contributed by atoms with Gasteiger partial charge in [0.15, 0.2) is 0 Å². The van der Waals surface area contributed by atoms with Crippen molar-refractivity contribution in [2.45, 2.75) is 9.79 Å². The molecule has 0 aliphatic carbocycles. The van der Waals surface area contributed by atoms with Crippen molar-refractivity contribution in [3.63, 3.8) is 0 Å². The number of nitrogens with one attached hydrogen (secondary N) is 1. The fourth-order valence-corrected chi connectivity index (χ4v) is 3.08. The monoisotopic (exact) mass is 325 g/mol. The molecule has 0 saturated carbocycles. The molecule has 2 aromatic carbocycles. The molecule has 0 atom stereocenters. The summed E-state index contributed by atoms with van der Waals surface area (Å²) >= 11 is 3.28. The third-order valence-corrected chi connectivity index (χ3v) is 4.89. The molecule has 0 unspecified atom stereocenters. The van der Waals surface area contributed by atoms with Crippen molar-refractivity contribution < 1.29 is 8.42 Å². The molecule has 0 aliphatic heterocycles. The Morgan fingerprint density at radius 1 is 0.889 bits per heavy atom. The van der Waals surface area contributed by atoms with Crippen LogP contribution >= 0.6 is 15.9 Å². The van der Waals surface area contributed by atoms with Crippen LogP contribution in [0.3, 0.4) is 0 Å². The number of rotatable bonds is 3. The summed E-state index contributed by atoms with van der Waals surface area (Å²) in [6.45, 7) is 0. The van der Waals surface area contributed by atoms with Gasteiger partial charge in [-0.25, -0.2) is 8.42 Å². The quantitative estimate of drug-likeness (QED) is 0.941. The lowest BCUT2D eigenvalue weighted by molar-refractivity contribution is 0.596. The van der Waals surface area contributed by atoms with E-state index in [4.69, 9.17) is 0 Å². The molecule has 0 spiro atoms. The molecule has 2 aromatic rings. The average molecular weight is 326 g/mol. The number of sulfone groups is 1. The van der Waals surface area contributed by atoms with Crippen LogP contribution in [0, 0.1) is 0 Å². The minimum absolute atomic E-state index is 0.294. The SMILES string of the molecule is CNc1ccc(S(=O)(=O)c2ccc(Br)cc2)cc1. The topological polar surface area (TPSA) is 46.2 Å². The number of hydrogen-bond donors (Lipinski definition) is 1. The van der Waals surface area contributed by atoms with E-state index in [1.54, 1.807) is 55.6 Å². The smallest absolute Gasteiger partial charge is 0.206 e. The van der Waals surface area contributed by atoms with E-state index in [0.29, 0.717) is 9.79 Å². The summed E-state index contributed by atoms with van der Waals surface area (Å²) in [5.41, 5.74) is 0.879. The van der Waals surface area contributed by atoms with Crippen LogP contribution in [-0.2, 0) is 9.84 Å². The number of anilines is 1. The largest absolute Gasteiger partial charge is 0.388 e. The van der Waals surface area contributed by atoms with Gasteiger partial charge >= 0.3 is 0 Å². The molecule has 0 amide bonds. The highest BCUT2D eigenvalue weighted by atomic mass is 79.9. The molecule has 2 rings (SSSR count). The first-order valence-electron chi connectivity index (χ1n) is 5.32. The molecule has 0 aliphatic rings. The molecular formula is C13H12BrNO2S. The maximum absolute atomic E-state index is 12.3. The van der Waals surface area contributed by atoms with Gasteiger partial charge in [-0.2, -0.15) is 0 Å².